The Bertz CT molecular complexity index is 236. The van der Waals surface area contributed by atoms with Gasteiger partial charge in [-0.2, -0.15) is 18.4 Å². The Morgan fingerprint density at radius 2 is 2.21 bits per heavy atom. The van der Waals surface area contributed by atoms with Crippen molar-refractivity contribution < 1.29 is 18.3 Å². The van der Waals surface area contributed by atoms with Gasteiger partial charge in [0, 0.05) is 19.6 Å². The largest absolute Gasteiger partial charge is 0.405 e. The van der Waals surface area contributed by atoms with Crippen LogP contribution in [0.25, 0.3) is 0 Å². The molecule has 0 aromatic carbocycles. The quantitative estimate of drug-likeness (QED) is 0.728. The van der Waals surface area contributed by atoms with Crippen LogP contribution in [-0.2, 0) is 0 Å². The number of nitriles is 1. The summed E-state index contributed by atoms with van der Waals surface area (Å²) < 4.78 is 36.5. The number of alkyl halides is 3. The maximum atomic E-state index is 12.2. The summed E-state index contributed by atoms with van der Waals surface area (Å²) in [5.74, 6) is -1.95. The molecule has 1 saturated heterocycles. The first-order chi connectivity index (χ1) is 6.43. The van der Waals surface area contributed by atoms with Crippen molar-refractivity contribution in [1.82, 2.24) is 4.90 Å². The molecule has 3 nitrogen and oxygen atoms in total. The molecule has 0 aliphatic carbocycles. The van der Waals surface area contributed by atoms with Gasteiger partial charge in [-0.3, -0.25) is 4.90 Å². The first kappa shape index (κ1) is 11.3. The number of aliphatic hydroxyl groups excluding tert-OH is 1. The van der Waals surface area contributed by atoms with E-state index < -0.39 is 18.2 Å². The van der Waals surface area contributed by atoms with E-state index in [-0.39, 0.29) is 13.1 Å². The molecule has 0 bridgehead atoms. The van der Waals surface area contributed by atoms with Crippen molar-refractivity contribution in [1.29, 1.82) is 5.26 Å². The van der Waals surface area contributed by atoms with Crippen LogP contribution in [0.2, 0.25) is 0 Å². The van der Waals surface area contributed by atoms with Gasteiger partial charge in [-0.05, 0) is 6.42 Å². The van der Waals surface area contributed by atoms with Crippen molar-refractivity contribution in [3.05, 3.63) is 0 Å². The molecule has 1 fully saturated rings. The molecule has 0 amide bonds. The molecule has 0 saturated carbocycles. The van der Waals surface area contributed by atoms with E-state index in [1.807, 2.05) is 0 Å². The Morgan fingerprint density at radius 1 is 1.57 bits per heavy atom. The van der Waals surface area contributed by atoms with Crippen LogP contribution < -0.4 is 0 Å². The zero-order valence-electron chi connectivity index (χ0n) is 7.46. The predicted molar refractivity (Wildman–Crippen MR) is 42.2 cm³/mol. The lowest BCUT2D eigenvalue weighted by atomic mass is 10.1. The highest BCUT2D eigenvalue weighted by Crippen LogP contribution is 2.27. The Hall–Kier alpha value is -0.800. The number of likely N-dealkylation sites (tertiary alicyclic amines) is 1. The van der Waals surface area contributed by atoms with Crippen LogP contribution in [-0.4, -0.2) is 41.9 Å². The van der Waals surface area contributed by atoms with E-state index in [1.54, 1.807) is 0 Å². The second-order valence-electron chi connectivity index (χ2n) is 3.43. The van der Waals surface area contributed by atoms with E-state index in [2.05, 4.69) is 0 Å². The molecule has 14 heavy (non-hydrogen) atoms. The number of hydrogen-bond donors (Lipinski definition) is 1. The fourth-order valence-corrected chi connectivity index (χ4v) is 1.45. The van der Waals surface area contributed by atoms with Crippen LogP contribution in [0.4, 0.5) is 13.2 Å². The Labute approximate surface area is 79.7 Å². The smallest absolute Gasteiger partial charge is 0.392 e. The Balaban J connectivity index is 2.46. The second kappa shape index (κ2) is 4.15. The average Bonchev–Trinajstić information content (AvgIpc) is 2.45. The molecule has 1 rings (SSSR count). The summed E-state index contributed by atoms with van der Waals surface area (Å²) in [5.41, 5.74) is 0. The SMILES string of the molecule is N#CC(CN1CCC(O)C1)C(F)(F)F. The maximum absolute atomic E-state index is 12.2. The van der Waals surface area contributed by atoms with Crippen molar-refractivity contribution in [3.63, 3.8) is 0 Å². The zero-order chi connectivity index (χ0) is 10.8. The normalized spacial score (nSPS) is 26.1. The highest BCUT2D eigenvalue weighted by atomic mass is 19.4. The molecule has 0 spiro atoms. The monoisotopic (exact) mass is 208 g/mol. The van der Waals surface area contributed by atoms with Crippen molar-refractivity contribution in [2.24, 2.45) is 5.92 Å². The molecule has 1 N–H and O–H groups in total. The fraction of sp³-hybridized carbons (Fsp3) is 0.875. The van der Waals surface area contributed by atoms with Crippen LogP contribution >= 0.6 is 0 Å². The third kappa shape index (κ3) is 2.86. The van der Waals surface area contributed by atoms with Crippen molar-refractivity contribution >= 4 is 0 Å². The standard InChI is InChI=1S/C8H11F3N2O/c9-8(10,11)6(3-12)4-13-2-1-7(14)5-13/h6-7,14H,1-2,4-5H2. The summed E-state index contributed by atoms with van der Waals surface area (Å²) in [6.07, 6.45) is -4.54. The summed E-state index contributed by atoms with van der Waals surface area (Å²) >= 11 is 0. The third-order valence-electron chi connectivity index (χ3n) is 2.24. The molecule has 1 aliphatic heterocycles. The number of β-amino-alcohol motifs (C(OH)–C–C–N with tert-alkyl or cyclic N) is 1. The number of nitrogens with zero attached hydrogens (tertiary/aromatic N) is 2. The number of halogens is 3. The van der Waals surface area contributed by atoms with Crippen molar-refractivity contribution in [2.75, 3.05) is 19.6 Å². The van der Waals surface area contributed by atoms with Gasteiger partial charge in [0.1, 0.15) is 0 Å². The molecule has 6 heteroatoms. The van der Waals surface area contributed by atoms with Gasteiger partial charge in [0.05, 0.1) is 12.2 Å². The molecule has 1 heterocycles. The van der Waals surface area contributed by atoms with E-state index in [9.17, 15) is 13.2 Å². The van der Waals surface area contributed by atoms with Gasteiger partial charge < -0.3 is 5.11 Å². The van der Waals surface area contributed by atoms with Gasteiger partial charge in [0.2, 0.25) is 0 Å². The molecular weight excluding hydrogens is 197 g/mol. The third-order valence-corrected chi connectivity index (χ3v) is 2.24. The highest BCUT2D eigenvalue weighted by Gasteiger charge is 2.41. The van der Waals surface area contributed by atoms with Gasteiger partial charge in [-0.1, -0.05) is 0 Å². The van der Waals surface area contributed by atoms with E-state index in [0.717, 1.165) is 0 Å². The summed E-state index contributed by atoms with van der Waals surface area (Å²) in [6.45, 7) is 0.320. The van der Waals surface area contributed by atoms with Gasteiger partial charge in [-0.25, -0.2) is 0 Å². The molecule has 80 valence electrons. The minimum absolute atomic E-state index is 0.230. The fourth-order valence-electron chi connectivity index (χ4n) is 1.45. The van der Waals surface area contributed by atoms with E-state index >= 15 is 0 Å². The number of hydrogen-bond acceptors (Lipinski definition) is 3. The zero-order valence-corrected chi connectivity index (χ0v) is 7.46. The van der Waals surface area contributed by atoms with E-state index in [1.165, 1.54) is 11.0 Å². The van der Waals surface area contributed by atoms with Crippen molar-refractivity contribution in [2.45, 2.75) is 18.7 Å². The molecule has 2 unspecified atom stereocenters. The lowest BCUT2D eigenvalue weighted by Gasteiger charge is -2.20. The summed E-state index contributed by atoms with van der Waals surface area (Å²) in [4.78, 5) is 1.46. The van der Waals surface area contributed by atoms with Crippen LogP contribution in [0.1, 0.15) is 6.42 Å². The molecular formula is C8H11F3N2O. The minimum atomic E-state index is -4.47. The molecule has 0 radical (unpaired) electrons. The lowest BCUT2D eigenvalue weighted by Crippen LogP contribution is -2.35. The van der Waals surface area contributed by atoms with Gasteiger partial charge >= 0.3 is 6.18 Å². The van der Waals surface area contributed by atoms with E-state index in [4.69, 9.17) is 10.4 Å². The van der Waals surface area contributed by atoms with Crippen LogP contribution in [0.5, 0.6) is 0 Å². The Morgan fingerprint density at radius 3 is 2.57 bits per heavy atom. The van der Waals surface area contributed by atoms with Gasteiger partial charge in [0.25, 0.3) is 0 Å². The lowest BCUT2D eigenvalue weighted by molar-refractivity contribution is -0.162. The predicted octanol–water partition coefficient (Wildman–Crippen LogP) is 0.755. The topological polar surface area (TPSA) is 47.3 Å². The van der Waals surface area contributed by atoms with Crippen LogP contribution in [0.15, 0.2) is 0 Å². The highest BCUT2D eigenvalue weighted by molar-refractivity contribution is 4.92. The second-order valence-corrected chi connectivity index (χ2v) is 3.43. The Kier molecular flexibility index (Phi) is 3.34. The molecule has 0 aromatic heterocycles. The number of rotatable bonds is 2. The molecule has 0 aromatic rings. The molecule has 1 aliphatic rings. The van der Waals surface area contributed by atoms with E-state index in [0.29, 0.717) is 13.0 Å². The maximum Gasteiger partial charge on any atom is 0.405 e. The van der Waals surface area contributed by atoms with Gasteiger partial charge in [-0.15, -0.1) is 0 Å². The minimum Gasteiger partial charge on any atom is -0.392 e. The van der Waals surface area contributed by atoms with Crippen LogP contribution in [0.3, 0.4) is 0 Å². The van der Waals surface area contributed by atoms with Gasteiger partial charge in [0.15, 0.2) is 5.92 Å². The first-order valence-corrected chi connectivity index (χ1v) is 4.30. The average molecular weight is 208 g/mol. The summed E-state index contributed by atoms with van der Waals surface area (Å²) in [6, 6.07) is 1.24. The first-order valence-electron chi connectivity index (χ1n) is 4.30. The summed E-state index contributed by atoms with van der Waals surface area (Å²) in [7, 11) is 0. The van der Waals surface area contributed by atoms with Crippen molar-refractivity contribution in [3.8, 4) is 6.07 Å². The summed E-state index contributed by atoms with van der Waals surface area (Å²) in [5, 5.41) is 17.4. The number of aliphatic hydroxyl groups is 1. The molecule has 2 atom stereocenters. The van der Waals surface area contributed by atoms with Crippen LogP contribution in [0, 0.1) is 17.2 Å².